The normalized spacial score (nSPS) is 10.9. The van der Waals surface area contributed by atoms with Crippen molar-refractivity contribution in [3.05, 3.63) is 26.8 Å². The Hall–Kier alpha value is -0.350. The quantitative estimate of drug-likeness (QED) is 0.791. The van der Waals surface area contributed by atoms with Crippen LogP contribution in [0.15, 0.2) is 21.2 Å². The predicted octanol–water partition coefficient (Wildman–Crippen LogP) is 3.40. The highest BCUT2D eigenvalue weighted by atomic mass is 79.9. The van der Waals surface area contributed by atoms with Crippen molar-refractivity contribution < 1.29 is 0 Å². The number of nitrogens with one attached hydrogen (secondary N) is 1. The molecule has 0 amide bonds. The van der Waals surface area contributed by atoms with Gasteiger partial charge in [-0.2, -0.15) is 5.10 Å². The van der Waals surface area contributed by atoms with Gasteiger partial charge in [-0.3, -0.25) is 5.10 Å². The van der Waals surface area contributed by atoms with Crippen LogP contribution in [0.2, 0.25) is 0 Å². The minimum atomic E-state index is 0.938. The SMILES string of the molecule is Cc1cc2c(Br)[nH]nc2cc1Br. The third-order valence-corrected chi connectivity index (χ3v) is 3.25. The van der Waals surface area contributed by atoms with E-state index in [0.717, 1.165) is 20.0 Å². The zero-order chi connectivity index (χ0) is 8.72. The van der Waals surface area contributed by atoms with Crippen LogP contribution < -0.4 is 0 Å². The first-order valence-electron chi connectivity index (χ1n) is 3.48. The predicted molar refractivity (Wildman–Crippen MR) is 56.2 cm³/mol. The van der Waals surface area contributed by atoms with Gasteiger partial charge in [-0.15, -0.1) is 0 Å². The van der Waals surface area contributed by atoms with E-state index in [0.29, 0.717) is 0 Å². The van der Waals surface area contributed by atoms with Crippen LogP contribution in [-0.4, -0.2) is 10.2 Å². The molecule has 2 nitrogen and oxygen atoms in total. The molecule has 1 N–H and O–H groups in total. The van der Waals surface area contributed by atoms with Gasteiger partial charge in [0.15, 0.2) is 0 Å². The summed E-state index contributed by atoms with van der Waals surface area (Å²) in [5.74, 6) is 0. The van der Waals surface area contributed by atoms with Crippen LogP contribution in [0, 0.1) is 6.92 Å². The molecule has 0 atom stereocenters. The summed E-state index contributed by atoms with van der Waals surface area (Å²) in [5.41, 5.74) is 2.18. The summed E-state index contributed by atoms with van der Waals surface area (Å²) >= 11 is 6.85. The maximum Gasteiger partial charge on any atom is 0.108 e. The molecule has 0 saturated heterocycles. The van der Waals surface area contributed by atoms with E-state index in [-0.39, 0.29) is 0 Å². The first-order chi connectivity index (χ1) is 5.68. The number of hydrogen-bond donors (Lipinski definition) is 1. The highest BCUT2D eigenvalue weighted by Crippen LogP contribution is 2.26. The largest absolute Gasteiger partial charge is 0.270 e. The number of rotatable bonds is 0. The lowest BCUT2D eigenvalue weighted by molar-refractivity contribution is 1.10. The Morgan fingerprint density at radius 2 is 2.08 bits per heavy atom. The summed E-state index contributed by atoms with van der Waals surface area (Å²) in [4.78, 5) is 0. The fraction of sp³-hybridized carbons (Fsp3) is 0.125. The number of aryl methyl sites for hydroxylation is 1. The van der Waals surface area contributed by atoms with Gasteiger partial charge in [-0.05, 0) is 40.5 Å². The molecule has 1 heterocycles. The van der Waals surface area contributed by atoms with Crippen LogP contribution in [0.5, 0.6) is 0 Å². The number of H-pyrrole nitrogens is 1. The van der Waals surface area contributed by atoms with Crippen molar-refractivity contribution in [1.29, 1.82) is 0 Å². The van der Waals surface area contributed by atoms with Crippen molar-refractivity contribution in [3.63, 3.8) is 0 Å². The monoisotopic (exact) mass is 288 g/mol. The van der Waals surface area contributed by atoms with Gasteiger partial charge in [-0.25, -0.2) is 0 Å². The van der Waals surface area contributed by atoms with Crippen LogP contribution in [0.25, 0.3) is 10.9 Å². The highest BCUT2D eigenvalue weighted by Gasteiger charge is 2.04. The smallest absolute Gasteiger partial charge is 0.108 e. The van der Waals surface area contributed by atoms with Crippen LogP contribution in [0.1, 0.15) is 5.56 Å². The van der Waals surface area contributed by atoms with Gasteiger partial charge < -0.3 is 0 Å². The molecule has 0 bridgehead atoms. The molecule has 0 radical (unpaired) electrons. The van der Waals surface area contributed by atoms with E-state index in [9.17, 15) is 0 Å². The summed E-state index contributed by atoms with van der Waals surface area (Å²) < 4.78 is 2.03. The number of benzene rings is 1. The fourth-order valence-electron chi connectivity index (χ4n) is 1.11. The van der Waals surface area contributed by atoms with Crippen molar-refractivity contribution in [1.82, 2.24) is 10.2 Å². The highest BCUT2D eigenvalue weighted by molar-refractivity contribution is 9.11. The second-order valence-electron chi connectivity index (χ2n) is 2.66. The minimum Gasteiger partial charge on any atom is -0.270 e. The third kappa shape index (κ3) is 1.19. The molecule has 0 fully saturated rings. The van der Waals surface area contributed by atoms with Gasteiger partial charge in [0.05, 0.1) is 5.52 Å². The molecule has 0 unspecified atom stereocenters. The van der Waals surface area contributed by atoms with E-state index in [4.69, 9.17) is 0 Å². The average Bonchev–Trinajstić information content (AvgIpc) is 2.35. The van der Waals surface area contributed by atoms with Crippen LogP contribution in [-0.2, 0) is 0 Å². The summed E-state index contributed by atoms with van der Waals surface area (Å²) in [7, 11) is 0. The van der Waals surface area contributed by atoms with Crippen molar-refractivity contribution in [2.24, 2.45) is 0 Å². The average molecular weight is 290 g/mol. The molecule has 0 aliphatic carbocycles. The van der Waals surface area contributed by atoms with E-state index in [1.807, 2.05) is 6.07 Å². The van der Waals surface area contributed by atoms with E-state index < -0.39 is 0 Å². The topological polar surface area (TPSA) is 28.7 Å². The molecule has 4 heteroatoms. The number of aromatic nitrogens is 2. The first-order valence-corrected chi connectivity index (χ1v) is 5.07. The van der Waals surface area contributed by atoms with Crippen molar-refractivity contribution in [2.45, 2.75) is 6.92 Å². The lowest BCUT2D eigenvalue weighted by Gasteiger charge is -1.96. The molecule has 0 spiro atoms. The number of halogens is 2. The number of fused-ring (bicyclic) bond motifs is 1. The molecule has 1 aromatic heterocycles. The second-order valence-corrected chi connectivity index (χ2v) is 4.30. The summed E-state index contributed by atoms with van der Waals surface area (Å²) in [5, 5.41) is 8.12. The van der Waals surface area contributed by atoms with E-state index in [2.05, 4.69) is 55.0 Å². The van der Waals surface area contributed by atoms with E-state index >= 15 is 0 Å². The van der Waals surface area contributed by atoms with E-state index in [1.54, 1.807) is 0 Å². The summed E-state index contributed by atoms with van der Waals surface area (Å²) in [6.45, 7) is 2.06. The summed E-state index contributed by atoms with van der Waals surface area (Å²) in [6.07, 6.45) is 0. The van der Waals surface area contributed by atoms with Gasteiger partial charge >= 0.3 is 0 Å². The second kappa shape index (κ2) is 2.85. The van der Waals surface area contributed by atoms with Gasteiger partial charge in [0.2, 0.25) is 0 Å². The standard InChI is InChI=1S/C8H6Br2N2/c1-4-2-5-7(3-6(4)9)11-12-8(5)10/h2-3H,1H3,(H,11,12). The van der Waals surface area contributed by atoms with Crippen LogP contribution in [0.3, 0.4) is 0 Å². The van der Waals surface area contributed by atoms with E-state index in [1.165, 1.54) is 5.56 Å². The lowest BCUT2D eigenvalue weighted by atomic mass is 10.2. The first kappa shape index (κ1) is 8.26. The molecule has 0 aliphatic heterocycles. The molecular weight excluding hydrogens is 284 g/mol. The molecule has 2 rings (SSSR count). The zero-order valence-electron chi connectivity index (χ0n) is 6.36. The Morgan fingerprint density at radius 1 is 1.33 bits per heavy atom. The Kier molecular flexibility index (Phi) is 1.96. The van der Waals surface area contributed by atoms with Crippen molar-refractivity contribution in [2.75, 3.05) is 0 Å². The Morgan fingerprint density at radius 3 is 2.83 bits per heavy atom. The number of aromatic amines is 1. The molecule has 2 aromatic rings. The number of hydrogen-bond acceptors (Lipinski definition) is 1. The Balaban J connectivity index is 2.87. The van der Waals surface area contributed by atoms with Gasteiger partial charge in [0.1, 0.15) is 4.60 Å². The molecule has 0 aliphatic rings. The molecule has 0 saturated carbocycles. The number of nitrogens with zero attached hydrogens (tertiary/aromatic N) is 1. The fourth-order valence-corrected chi connectivity index (χ4v) is 1.85. The minimum absolute atomic E-state index is 0.938. The molecular formula is C8H6Br2N2. The van der Waals surface area contributed by atoms with Gasteiger partial charge in [0.25, 0.3) is 0 Å². The maximum atomic E-state index is 4.12. The van der Waals surface area contributed by atoms with Crippen molar-refractivity contribution >= 4 is 42.8 Å². The van der Waals surface area contributed by atoms with Gasteiger partial charge in [-0.1, -0.05) is 15.9 Å². The zero-order valence-corrected chi connectivity index (χ0v) is 9.53. The van der Waals surface area contributed by atoms with Crippen molar-refractivity contribution in [3.8, 4) is 0 Å². The molecule has 12 heavy (non-hydrogen) atoms. The maximum absolute atomic E-state index is 4.12. The lowest BCUT2D eigenvalue weighted by Crippen LogP contribution is -1.75. The van der Waals surface area contributed by atoms with Gasteiger partial charge in [0, 0.05) is 9.86 Å². The molecule has 1 aromatic carbocycles. The Bertz CT molecular complexity index is 434. The summed E-state index contributed by atoms with van der Waals surface area (Å²) in [6, 6.07) is 4.10. The Labute approximate surface area is 86.6 Å². The van der Waals surface area contributed by atoms with Crippen LogP contribution in [0.4, 0.5) is 0 Å². The third-order valence-electron chi connectivity index (χ3n) is 1.79. The molecule has 62 valence electrons. The van der Waals surface area contributed by atoms with Crippen LogP contribution >= 0.6 is 31.9 Å².